The lowest BCUT2D eigenvalue weighted by Gasteiger charge is -2.11. The average Bonchev–Trinajstić information content (AvgIpc) is 3.18. The number of hydrogen-bond donors (Lipinski definition) is 0. The van der Waals surface area contributed by atoms with Crippen LogP contribution >= 0.6 is 11.6 Å². The van der Waals surface area contributed by atoms with Crippen LogP contribution in [-0.2, 0) is 0 Å². The molecule has 4 rings (SSSR count). The van der Waals surface area contributed by atoms with Crippen molar-refractivity contribution in [1.82, 2.24) is 29.1 Å². The van der Waals surface area contributed by atoms with Gasteiger partial charge < -0.3 is 4.57 Å². The number of nitrogens with zero attached hydrogens (tertiary/aromatic N) is 6. The molecular weight excluding hydrogens is 276 g/mol. The summed E-state index contributed by atoms with van der Waals surface area (Å²) >= 11 is 6.08. The van der Waals surface area contributed by atoms with Crippen molar-refractivity contribution in [1.29, 1.82) is 0 Å². The first kappa shape index (κ1) is 11.8. The molecular formula is C13H13ClN6. The van der Waals surface area contributed by atoms with Crippen molar-refractivity contribution in [3.63, 3.8) is 0 Å². The molecule has 1 aliphatic carbocycles. The third-order valence-corrected chi connectivity index (χ3v) is 4.01. The van der Waals surface area contributed by atoms with Crippen LogP contribution in [0.25, 0.3) is 17.0 Å². The van der Waals surface area contributed by atoms with Gasteiger partial charge in [-0.2, -0.15) is 9.97 Å². The maximum absolute atomic E-state index is 6.08. The van der Waals surface area contributed by atoms with E-state index in [0.29, 0.717) is 11.9 Å². The first-order chi connectivity index (χ1) is 9.83. The topological polar surface area (TPSA) is 61.4 Å². The van der Waals surface area contributed by atoms with Crippen LogP contribution in [0.4, 0.5) is 0 Å². The van der Waals surface area contributed by atoms with Gasteiger partial charge in [0.15, 0.2) is 17.0 Å². The van der Waals surface area contributed by atoms with Crippen molar-refractivity contribution < 1.29 is 0 Å². The van der Waals surface area contributed by atoms with E-state index >= 15 is 0 Å². The predicted molar refractivity (Wildman–Crippen MR) is 75.0 cm³/mol. The lowest BCUT2D eigenvalue weighted by Crippen LogP contribution is -2.05. The van der Waals surface area contributed by atoms with Crippen LogP contribution in [0.15, 0.2) is 25.0 Å². The lowest BCUT2D eigenvalue weighted by atomic mass is 10.2. The largest absolute Gasteiger partial charge is 0.312 e. The Labute approximate surface area is 120 Å². The summed E-state index contributed by atoms with van der Waals surface area (Å²) < 4.78 is 3.94. The van der Waals surface area contributed by atoms with Gasteiger partial charge in [0, 0.05) is 18.4 Å². The summed E-state index contributed by atoms with van der Waals surface area (Å²) in [5.41, 5.74) is 1.57. The Morgan fingerprint density at radius 1 is 1.15 bits per heavy atom. The molecule has 0 aromatic carbocycles. The summed E-state index contributed by atoms with van der Waals surface area (Å²) in [7, 11) is 0. The fourth-order valence-corrected chi connectivity index (χ4v) is 3.05. The molecule has 102 valence electrons. The van der Waals surface area contributed by atoms with Gasteiger partial charge in [-0.25, -0.2) is 9.97 Å². The smallest absolute Gasteiger partial charge is 0.226 e. The number of fused-ring (bicyclic) bond motifs is 1. The van der Waals surface area contributed by atoms with E-state index in [0.717, 1.165) is 11.2 Å². The number of imidazole rings is 2. The maximum Gasteiger partial charge on any atom is 0.226 e. The molecule has 3 heterocycles. The Balaban J connectivity index is 1.93. The minimum absolute atomic E-state index is 0.237. The molecule has 0 unspecified atom stereocenters. The van der Waals surface area contributed by atoms with E-state index in [1.54, 1.807) is 12.5 Å². The Kier molecular flexibility index (Phi) is 2.70. The van der Waals surface area contributed by atoms with E-state index in [1.807, 2.05) is 17.1 Å². The quantitative estimate of drug-likeness (QED) is 0.680. The fourth-order valence-electron chi connectivity index (χ4n) is 2.89. The molecule has 0 radical (unpaired) electrons. The van der Waals surface area contributed by atoms with Gasteiger partial charge in [0.05, 0.1) is 6.33 Å². The Hall–Kier alpha value is -1.95. The van der Waals surface area contributed by atoms with Crippen molar-refractivity contribution in [3.05, 3.63) is 30.3 Å². The summed E-state index contributed by atoms with van der Waals surface area (Å²) in [4.78, 5) is 17.2. The summed E-state index contributed by atoms with van der Waals surface area (Å²) in [5.74, 6) is 0.675. The minimum atomic E-state index is 0.237. The SMILES string of the molecule is Clc1nc(-n2ccnc2)c2ncn(C3CCCC3)c2n1. The monoisotopic (exact) mass is 288 g/mol. The molecule has 6 nitrogen and oxygen atoms in total. The number of halogens is 1. The van der Waals surface area contributed by atoms with E-state index in [4.69, 9.17) is 11.6 Å². The van der Waals surface area contributed by atoms with Gasteiger partial charge in [0.25, 0.3) is 0 Å². The fraction of sp³-hybridized carbons (Fsp3) is 0.385. The number of aromatic nitrogens is 6. The highest BCUT2D eigenvalue weighted by molar-refractivity contribution is 6.28. The highest BCUT2D eigenvalue weighted by atomic mass is 35.5. The molecule has 0 aliphatic heterocycles. The molecule has 0 amide bonds. The summed E-state index contributed by atoms with van der Waals surface area (Å²) in [6.45, 7) is 0. The van der Waals surface area contributed by atoms with Gasteiger partial charge in [-0.3, -0.25) is 4.57 Å². The Morgan fingerprint density at radius 2 is 2.00 bits per heavy atom. The molecule has 0 bridgehead atoms. The summed E-state index contributed by atoms with van der Waals surface area (Å²) in [6, 6.07) is 0.474. The highest BCUT2D eigenvalue weighted by Gasteiger charge is 2.21. The van der Waals surface area contributed by atoms with Crippen molar-refractivity contribution in [2.45, 2.75) is 31.7 Å². The van der Waals surface area contributed by atoms with E-state index in [9.17, 15) is 0 Å². The van der Waals surface area contributed by atoms with E-state index < -0.39 is 0 Å². The van der Waals surface area contributed by atoms with Gasteiger partial charge in [0.2, 0.25) is 5.28 Å². The van der Waals surface area contributed by atoms with Gasteiger partial charge in [-0.05, 0) is 24.4 Å². The van der Waals surface area contributed by atoms with Crippen molar-refractivity contribution >= 4 is 22.8 Å². The van der Waals surface area contributed by atoms with Crippen LogP contribution < -0.4 is 0 Å². The van der Waals surface area contributed by atoms with Crippen LogP contribution in [-0.4, -0.2) is 29.1 Å². The third kappa shape index (κ3) is 1.79. The zero-order chi connectivity index (χ0) is 13.5. The molecule has 1 fully saturated rings. The molecule has 3 aromatic rings. The molecule has 1 saturated carbocycles. The average molecular weight is 289 g/mol. The molecule has 0 saturated heterocycles. The second-order valence-corrected chi connectivity index (χ2v) is 5.39. The molecule has 20 heavy (non-hydrogen) atoms. The first-order valence-corrected chi connectivity index (χ1v) is 7.09. The number of hydrogen-bond acceptors (Lipinski definition) is 4. The highest BCUT2D eigenvalue weighted by Crippen LogP contribution is 2.32. The third-order valence-electron chi connectivity index (χ3n) is 3.84. The number of rotatable bonds is 2. The Bertz CT molecular complexity index is 742. The van der Waals surface area contributed by atoms with Crippen LogP contribution in [0.1, 0.15) is 31.7 Å². The normalized spacial score (nSPS) is 16.2. The lowest BCUT2D eigenvalue weighted by molar-refractivity contribution is 0.529. The molecule has 1 aliphatic rings. The summed E-state index contributed by atoms with van der Waals surface area (Å²) in [6.07, 6.45) is 11.9. The van der Waals surface area contributed by atoms with Gasteiger partial charge in [-0.15, -0.1) is 0 Å². The molecule has 3 aromatic heterocycles. The van der Waals surface area contributed by atoms with Crippen LogP contribution in [0.5, 0.6) is 0 Å². The van der Waals surface area contributed by atoms with Gasteiger partial charge >= 0.3 is 0 Å². The maximum atomic E-state index is 6.08. The van der Waals surface area contributed by atoms with Crippen LogP contribution in [0, 0.1) is 0 Å². The van der Waals surface area contributed by atoms with Crippen molar-refractivity contribution in [2.24, 2.45) is 0 Å². The second kappa shape index (κ2) is 4.56. The molecule has 7 heteroatoms. The standard InChI is InChI=1S/C13H13ClN6/c14-13-17-11(19-6-5-15-7-19)10-12(18-13)20(8-16-10)9-3-1-2-4-9/h5-9H,1-4H2. The van der Waals surface area contributed by atoms with Crippen LogP contribution in [0.3, 0.4) is 0 Å². The second-order valence-electron chi connectivity index (χ2n) is 5.05. The van der Waals surface area contributed by atoms with Crippen LogP contribution in [0.2, 0.25) is 5.28 Å². The Morgan fingerprint density at radius 3 is 2.75 bits per heavy atom. The predicted octanol–water partition coefficient (Wildman–Crippen LogP) is 2.78. The molecule has 0 N–H and O–H groups in total. The van der Waals surface area contributed by atoms with E-state index in [-0.39, 0.29) is 5.28 Å². The first-order valence-electron chi connectivity index (χ1n) is 6.71. The van der Waals surface area contributed by atoms with Gasteiger partial charge in [0.1, 0.15) is 6.33 Å². The van der Waals surface area contributed by atoms with Crippen molar-refractivity contribution in [2.75, 3.05) is 0 Å². The zero-order valence-electron chi connectivity index (χ0n) is 10.8. The zero-order valence-corrected chi connectivity index (χ0v) is 11.5. The molecule has 0 spiro atoms. The van der Waals surface area contributed by atoms with E-state index in [1.165, 1.54) is 25.7 Å². The van der Waals surface area contributed by atoms with Gasteiger partial charge in [-0.1, -0.05) is 12.8 Å². The summed E-state index contributed by atoms with van der Waals surface area (Å²) in [5, 5.41) is 0.237. The molecule has 0 atom stereocenters. The van der Waals surface area contributed by atoms with E-state index in [2.05, 4.69) is 24.5 Å². The van der Waals surface area contributed by atoms with Crippen molar-refractivity contribution in [3.8, 4) is 5.82 Å². The minimum Gasteiger partial charge on any atom is -0.312 e.